The molecule has 2 N–H and O–H groups in total. The summed E-state index contributed by atoms with van der Waals surface area (Å²) >= 11 is 0. The molecule has 1 atom stereocenters. The number of hydrogen-bond acceptors (Lipinski definition) is 5. The van der Waals surface area contributed by atoms with Crippen LogP contribution in [0.5, 0.6) is 0 Å². The number of nitrogens with two attached hydrogens (primary N) is 1. The van der Waals surface area contributed by atoms with Crippen LogP contribution in [0.1, 0.15) is 44.1 Å². The molecule has 2 heterocycles. The first-order valence-electron chi connectivity index (χ1n) is 7.79. The average Bonchev–Trinajstić information content (AvgIpc) is 3.18. The van der Waals surface area contributed by atoms with Crippen molar-refractivity contribution in [2.45, 2.75) is 51.5 Å². The van der Waals surface area contributed by atoms with Gasteiger partial charge in [-0.15, -0.1) is 0 Å². The van der Waals surface area contributed by atoms with Gasteiger partial charge in [-0.1, -0.05) is 24.9 Å². The zero-order chi connectivity index (χ0) is 14.7. The first-order valence-corrected chi connectivity index (χ1v) is 7.79. The molecule has 0 amide bonds. The Bertz CT molecular complexity index is 589. The molecule has 0 radical (unpaired) electrons. The molecule has 1 aliphatic carbocycles. The molecule has 0 aliphatic heterocycles. The van der Waals surface area contributed by atoms with E-state index in [9.17, 15) is 0 Å². The quantitative estimate of drug-likeness (QED) is 0.914. The summed E-state index contributed by atoms with van der Waals surface area (Å²) in [7, 11) is 0. The van der Waals surface area contributed by atoms with Gasteiger partial charge < -0.3 is 10.3 Å². The normalized spacial score (nSPS) is 17.2. The fourth-order valence-corrected chi connectivity index (χ4v) is 3.13. The Morgan fingerprint density at radius 3 is 2.95 bits per heavy atom. The molecule has 0 spiro atoms. The predicted molar refractivity (Wildman–Crippen MR) is 80.5 cm³/mol. The maximum atomic E-state index is 6.28. The minimum absolute atomic E-state index is 0.129. The summed E-state index contributed by atoms with van der Waals surface area (Å²) in [5.41, 5.74) is 8.40. The van der Waals surface area contributed by atoms with Crippen LogP contribution in [0.2, 0.25) is 0 Å². The lowest BCUT2D eigenvalue weighted by Gasteiger charge is -2.16. The predicted octanol–water partition coefficient (Wildman–Crippen LogP) is 2.75. The Kier molecular flexibility index (Phi) is 4.29. The highest BCUT2D eigenvalue weighted by Gasteiger charge is 2.24. The SMILES string of the molecule is CCc1cnccc1-c1noc(CC(N)C2CCCC2)n1. The summed E-state index contributed by atoms with van der Waals surface area (Å²) < 4.78 is 5.39. The van der Waals surface area contributed by atoms with Crippen LogP contribution in [0.15, 0.2) is 23.0 Å². The molecule has 1 saturated carbocycles. The van der Waals surface area contributed by atoms with E-state index in [2.05, 4.69) is 22.0 Å². The summed E-state index contributed by atoms with van der Waals surface area (Å²) in [5.74, 6) is 1.89. The average molecular weight is 286 g/mol. The summed E-state index contributed by atoms with van der Waals surface area (Å²) in [5, 5.41) is 4.11. The maximum absolute atomic E-state index is 6.28. The van der Waals surface area contributed by atoms with Crippen LogP contribution in [0, 0.1) is 5.92 Å². The van der Waals surface area contributed by atoms with Gasteiger partial charge in [0.1, 0.15) is 0 Å². The van der Waals surface area contributed by atoms with Crippen molar-refractivity contribution >= 4 is 0 Å². The number of nitrogens with zero attached hydrogens (tertiary/aromatic N) is 3. The van der Waals surface area contributed by atoms with Gasteiger partial charge >= 0.3 is 0 Å². The molecule has 1 aliphatic rings. The first kappa shape index (κ1) is 14.2. The lowest BCUT2D eigenvalue weighted by molar-refractivity contribution is 0.341. The summed E-state index contributed by atoms with van der Waals surface area (Å²) in [6, 6.07) is 2.06. The van der Waals surface area contributed by atoms with E-state index in [0.29, 0.717) is 24.1 Å². The van der Waals surface area contributed by atoms with Crippen LogP contribution in [-0.2, 0) is 12.8 Å². The largest absolute Gasteiger partial charge is 0.339 e. The van der Waals surface area contributed by atoms with Gasteiger partial charge in [0.05, 0.1) is 0 Å². The van der Waals surface area contributed by atoms with E-state index < -0.39 is 0 Å². The molecule has 112 valence electrons. The first-order chi connectivity index (χ1) is 10.3. The highest BCUT2D eigenvalue weighted by Crippen LogP contribution is 2.28. The van der Waals surface area contributed by atoms with Gasteiger partial charge in [-0.3, -0.25) is 4.98 Å². The lowest BCUT2D eigenvalue weighted by Crippen LogP contribution is -2.30. The van der Waals surface area contributed by atoms with Crippen molar-refractivity contribution in [1.29, 1.82) is 0 Å². The zero-order valence-corrected chi connectivity index (χ0v) is 12.5. The number of aryl methyl sites for hydroxylation is 1. The standard InChI is InChI=1S/C16H22N4O/c1-2-11-10-18-8-7-13(11)16-19-15(21-20-16)9-14(17)12-5-3-4-6-12/h7-8,10,12,14H,2-6,9,17H2,1H3. The van der Waals surface area contributed by atoms with Crippen LogP contribution >= 0.6 is 0 Å². The van der Waals surface area contributed by atoms with Gasteiger partial charge in [0.2, 0.25) is 11.7 Å². The van der Waals surface area contributed by atoms with E-state index in [1.807, 2.05) is 12.3 Å². The fraction of sp³-hybridized carbons (Fsp3) is 0.562. The molecule has 0 bridgehead atoms. The van der Waals surface area contributed by atoms with Crippen molar-refractivity contribution in [3.8, 4) is 11.4 Å². The molecule has 5 heteroatoms. The highest BCUT2D eigenvalue weighted by molar-refractivity contribution is 5.58. The number of aromatic nitrogens is 3. The van der Waals surface area contributed by atoms with Crippen LogP contribution in [0.3, 0.4) is 0 Å². The molecular weight excluding hydrogens is 264 g/mol. The summed E-state index contributed by atoms with van der Waals surface area (Å²) in [6.07, 6.45) is 10.2. The molecule has 3 rings (SSSR count). The Balaban J connectivity index is 1.74. The van der Waals surface area contributed by atoms with E-state index in [0.717, 1.165) is 17.5 Å². The second-order valence-electron chi connectivity index (χ2n) is 5.81. The number of hydrogen-bond donors (Lipinski definition) is 1. The zero-order valence-electron chi connectivity index (χ0n) is 12.5. The van der Waals surface area contributed by atoms with Gasteiger partial charge in [0.15, 0.2) is 0 Å². The lowest BCUT2D eigenvalue weighted by atomic mass is 9.96. The summed E-state index contributed by atoms with van der Waals surface area (Å²) in [6.45, 7) is 2.09. The molecule has 1 fully saturated rings. The van der Waals surface area contributed by atoms with E-state index in [1.165, 1.54) is 25.7 Å². The van der Waals surface area contributed by atoms with E-state index in [-0.39, 0.29) is 6.04 Å². The highest BCUT2D eigenvalue weighted by atomic mass is 16.5. The molecule has 1 unspecified atom stereocenters. The second-order valence-corrected chi connectivity index (χ2v) is 5.81. The van der Waals surface area contributed by atoms with Crippen LogP contribution in [0.4, 0.5) is 0 Å². The van der Waals surface area contributed by atoms with Crippen LogP contribution in [0.25, 0.3) is 11.4 Å². The Morgan fingerprint density at radius 1 is 1.38 bits per heavy atom. The molecule has 0 aromatic carbocycles. The van der Waals surface area contributed by atoms with Gasteiger partial charge in [0.25, 0.3) is 0 Å². The third kappa shape index (κ3) is 3.13. The van der Waals surface area contributed by atoms with Crippen molar-refractivity contribution in [1.82, 2.24) is 15.1 Å². The second kappa shape index (κ2) is 6.35. The number of rotatable bonds is 5. The molecule has 5 nitrogen and oxygen atoms in total. The van der Waals surface area contributed by atoms with Crippen LogP contribution in [-0.4, -0.2) is 21.2 Å². The van der Waals surface area contributed by atoms with E-state index >= 15 is 0 Å². The van der Waals surface area contributed by atoms with Gasteiger partial charge in [-0.05, 0) is 36.8 Å². The Morgan fingerprint density at radius 2 is 2.19 bits per heavy atom. The van der Waals surface area contributed by atoms with Crippen LogP contribution < -0.4 is 5.73 Å². The minimum atomic E-state index is 0.129. The van der Waals surface area contributed by atoms with Crippen molar-refractivity contribution in [3.05, 3.63) is 29.9 Å². The van der Waals surface area contributed by atoms with Crippen molar-refractivity contribution in [2.24, 2.45) is 11.7 Å². The third-order valence-corrected chi connectivity index (χ3v) is 4.41. The number of pyridine rings is 1. The topological polar surface area (TPSA) is 77.8 Å². The van der Waals surface area contributed by atoms with Gasteiger partial charge in [0, 0.05) is 30.4 Å². The van der Waals surface area contributed by atoms with E-state index in [1.54, 1.807) is 6.20 Å². The summed E-state index contributed by atoms with van der Waals surface area (Å²) in [4.78, 5) is 8.66. The Labute approximate surface area is 125 Å². The Hall–Kier alpha value is -1.75. The van der Waals surface area contributed by atoms with Crippen molar-refractivity contribution in [2.75, 3.05) is 0 Å². The van der Waals surface area contributed by atoms with Crippen molar-refractivity contribution in [3.63, 3.8) is 0 Å². The molecule has 2 aromatic heterocycles. The fourth-order valence-electron chi connectivity index (χ4n) is 3.13. The minimum Gasteiger partial charge on any atom is -0.339 e. The van der Waals surface area contributed by atoms with E-state index in [4.69, 9.17) is 10.3 Å². The monoisotopic (exact) mass is 286 g/mol. The molecule has 21 heavy (non-hydrogen) atoms. The molecular formula is C16H22N4O. The molecule has 0 saturated heterocycles. The smallest absolute Gasteiger partial charge is 0.228 e. The van der Waals surface area contributed by atoms with Crippen molar-refractivity contribution < 1.29 is 4.52 Å². The van der Waals surface area contributed by atoms with Gasteiger partial charge in [-0.2, -0.15) is 4.98 Å². The molecule has 2 aromatic rings. The third-order valence-electron chi connectivity index (χ3n) is 4.41. The van der Waals surface area contributed by atoms with Gasteiger partial charge in [-0.25, -0.2) is 0 Å². The maximum Gasteiger partial charge on any atom is 0.228 e.